The number of carbonyl (C=O) groups is 1. The first-order valence-electron chi connectivity index (χ1n) is 12.2. The van der Waals surface area contributed by atoms with Crippen molar-refractivity contribution < 1.29 is 27.2 Å². The minimum Gasteiger partial charge on any atom is -0.481 e. The van der Waals surface area contributed by atoms with Gasteiger partial charge in [0, 0.05) is 30.6 Å². The molecule has 0 bridgehead atoms. The Balaban J connectivity index is 1.00. The molecule has 1 unspecified atom stereocenters. The van der Waals surface area contributed by atoms with Crippen molar-refractivity contribution in [3.8, 4) is 5.75 Å². The average Bonchev–Trinajstić information content (AvgIpc) is 3.16. The first kappa shape index (κ1) is 24.0. The Morgan fingerprint density at radius 1 is 1.26 bits per heavy atom. The van der Waals surface area contributed by atoms with Gasteiger partial charge in [0.25, 0.3) is 5.91 Å². The second kappa shape index (κ2) is 9.40. The van der Waals surface area contributed by atoms with Crippen LogP contribution in [0.4, 0.5) is 13.2 Å². The lowest BCUT2D eigenvalue weighted by molar-refractivity contribution is -0.155. The van der Waals surface area contributed by atoms with E-state index in [1.54, 1.807) is 19.3 Å². The Kier molecular flexibility index (Phi) is 6.45. The molecule has 2 aliphatic carbocycles. The van der Waals surface area contributed by atoms with Crippen molar-refractivity contribution in [2.75, 3.05) is 26.2 Å². The van der Waals surface area contributed by atoms with Crippen molar-refractivity contribution >= 4 is 5.91 Å². The topological polar surface area (TPSA) is 93.4 Å². The predicted octanol–water partition coefficient (Wildman–Crippen LogP) is 3.51. The summed E-state index contributed by atoms with van der Waals surface area (Å²) in [7, 11) is 0. The van der Waals surface area contributed by atoms with Gasteiger partial charge in [-0.1, -0.05) is 5.16 Å². The van der Waals surface area contributed by atoms with E-state index < -0.39 is 11.9 Å². The number of halogens is 3. The first-order chi connectivity index (χ1) is 16.7. The van der Waals surface area contributed by atoms with Gasteiger partial charge in [-0.3, -0.25) is 4.79 Å². The van der Waals surface area contributed by atoms with Gasteiger partial charge in [0.2, 0.25) is 5.76 Å². The van der Waals surface area contributed by atoms with Crippen LogP contribution in [0.2, 0.25) is 0 Å². The molecule has 2 saturated carbocycles. The highest BCUT2D eigenvalue weighted by molar-refractivity contribution is 5.77. The van der Waals surface area contributed by atoms with E-state index in [9.17, 15) is 18.0 Å². The lowest BCUT2D eigenvalue weighted by atomic mass is 9.84. The van der Waals surface area contributed by atoms with Gasteiger partial charge in [-0.05, 0) is 63.8 Å². The molecule has 2 aromatic heterocycles. The van der Waals surface area contributed by atoms with Gasteiger partial charge >= 0.3 is 6.18 Å². The van der Waals surface area contributed by atoms with Crippen molar-refractivity contribution in [2.45, 2.75) is 63.1 Å². The lowest BCUT2D eigenvalue weighted by Gasteiger charge is -2.30. The van der Waals surface area contributed by atoms with Crippen molar-refractivity contribution in [3.05, 3.63) is 35.7 Å². The molecule has 3 heterocycles. The molecular formula is C24H30F3N5O3. The van der Waals surface area contributed by atoms with Gasteiger partial charge in [0.15, 0.2) is 12.4 Å². The van der Waals surface area contributed by atoms with Crippen molar-refractivity contribution in [1.82, 2.24) is 25.3 Å². The van der Waals surface area contributed by atoms with Crippen LogP contribution in [0.15, 0.2) is 23.0 Å². The van der Waals surface area contributed by atoms with Crippen LogP contribution in [-0.2, 0) is 16.4 Å². The number of ether oxygens (including phenoxy) is 1. The molecule has 35 heavy (non-hydrogen) atoms. The van der Waals surface area contributed by atoms with E-state index in [2.05, 4.69) is 29.9 Å². The second-order valence-electron chi connectivity index (χ2n) is 10.2. The highest BCUT2D eigenvalue weighted by atomic mass is 19.4. The molecule has 1 aliphatic heterocycles. The van der Waals surface area contributed by atoms with Crippen LogP contribution in [0.5, 0.6) is 5.75 Å². The fraction of sp³-hybridized carbons (Fsp3) is 0.667. The maximum absolute atomic E-state index is 12.9. The molecule has 2 atom stereocenters. The fourth-order valence-corrected chi connectivity index (χ4v) is 5.63. The summed E-state index contributed by atoms with van der Waals surface area (Å²) in [5.41, 5.74) is 0.189. The molecule has 1 N–H and O–H groups in total. The number of fused-ring (bicyclic) bond motifs is 1. The SMILES string of the molecule is Cc1ncc(OCC(=O)N[C@H]2CC[C@H](CCN3CC4C[C@]4(c4cc(C(F)(F)F)on4)C3)CC2)cn1. The number of amides is 1. The number of piperidine rings is 1. The molecule has 1 amide bonds. The molecule has 11 heteroatoms. The molecule has 190 valence electrons. The number of carbonyl (C=O) groups excluding carboxylic acids is 1. The zero-order valence-electron chi connectivity index (χ0n) is 19.7. The van der Waals surface area contributed by atoms with E-state index >= 15 is 0 Å². The van der Waals surface area contributed by atoms with Gasteiger partial charge in [-0.25, -0.2) is 9.97 Å². The van der Waals surface area contributed by atoms with Gasteiger partial charge in [-0.15, -0.1) is 0 Å². The summed E-state index contributed by atoms with van der Waals surface area (Å²) < 4.78 is 48.6. The summed E-state index contributed by atoms with van der Waals surface area (Å²) in [4.78, 5) is 22.7. The van der Waals surface area contributed by atoms with Crippen LogP contribution in [0, 0.1) is 18.8 Å². The normalized spacial score (nSPS) is 28.5. The van der Waals surface area contributed by atoms with Crippen LogP contribution in [0.3, 0.4) is 0 Å². The summed E-state index contributed by atoms with van der Waals surface area (Å²) in [6.45, 7) is 4.33. The summed E-state index contributed by atoms with van der Waals surface area (Å²) in [6.07, 6.45) is 4.55. The summed E-state index contributed by atoms with van der Waals surface area (Å²) in [6, 6.07) is 1.24. The number of alkyl halides is 3. The zero-order chi connectivity index (χ0) is 24.6. The van der Waals surface area contributed by atoms with Gasteiger partial charge in [-0.2, -0.15) is 13.2 Å². The second-order valence-corrected chi connectivity index (χ2v) is 10.2. The van der Waals surface area contributed by atoms with Gasteiger partial charge in [0.1, 0.15) is 5.82 Å². The Bertz CT molecular complexity index is 1040. The van der Waals surface area contributed by atoms with Crippen LogP contribution >= 0.6 is 0 Å². The zero-order valence-corrected chi connectivity index (χ0v) is 19.7. The summed E-state index contributed by atoms with van der Waals surface area (Å²) in [5, 5.41) is 6.81. The minimum atomic E-state index is -4.49. The highest BCUT2D eigenvalue weighted by Gasteiger charge is 2.62. The van der Waals surface area contributed by atoms with E-state index in [0.717, 1.165) is 64.2 Å². The Morgan fingerprint density at radius 3 is 2.69 bits per heavy atom. The number of rotatable bonds is 8. The number of nitrogens with zero attached hydrogens (tertiary/aromatic N) is 4. The van der Waals surface area contributed by atoms with Crippen LogP contribution in [-0.4, -0.2) is 58.2 Å². The predicted molar refractivity (Wildman–Crippen MR) is 118 cm³/mol. The third-order valence-electron chi connectivity index (χ3n) is 7.71. The molecule has 5 rings (SSSR count). The number of aryl methyl sites for hydroxylation is 1. The average molecular weight is 494 g/mol. The van der Waals surface area contributed by atoms with E-state index in [4.69, 9.17) is 4.74 Å². The maximum atomic E-state index is 12.9. The van der Waals surface area contributed by atoms with Crippen LogP contribution in [0.1, 0.15) is 55.8 Å². The molecule has 3 aliphatic rings. The van der Waals surface area contributed by atoms with Crippen LogP contribution < -0.4 is 10.1 Å². The van der Waals surface area contributed by atoms with Crippen LogP contribution in [0.25, 0.3) is 0 Å². The lowest BCUT2D eigenvalue weighted by Crippen LogP contribution is -2.40. The van der Waals surface area contributed by atoms with Crippen molar-refractivity contribution in [2.24, 2.45) is 11.8 Å². The number of likely N-dealkylation sites (tertiary alicyclic amines) is 1. The van der Waals surface area contributed by atoms with Crippen molar-refractivity contribution in [3.63, 3.8) is 0 Å². The standard InChI is InChI=1S/C24H30F3N5O3/c1-15-28-10-19(11-29-15)34-13-22(33)30-18-4-2-16(3-5-18)6-7-32-12-17-9-23(17,14-32)20-8-21(35-31-20)24(25,26)27/h8,10-11,16-18H,2-7,9,12-14H2,1H3,(H,30,33)/t16-,17?,18-,23-/m0/s1. The highest BCUT2D eigenvalue weighted by Crippen LogP contribution is 2.59. The monoisotopic (exact) mass is 493 g/mol. The molecule has 3 fully saturated rings. The fourth-order valence-electron chi connectivity index (χ4n) is 5.63. The first-order valence-corrected chi connectivity index (χ1v) is 12.2. The third kappa shape index (κ3) is 5.44. The van der Waals surface area contributed by atoms with Gasteiger partial charge < -0.3 is 19.5 Å². The summed E-state index contributed by atoms with van der Waals surface area (Å²) >= 11 is 0. The van der Waals surface area contributed by atoms with Crippen molar-refractivity contribution in [1.29, 1.82) is 0 Å². The smallest absolute Gasteiger partial charge is 0.452 e. The number of aromatic nitrogens is 3. The summed E-state index contributed by atoms with van der Waals surface area (Å²) in [5.74, 6) is 0.936. The molecular weight excluding hydrogens is 463 g/mol. The Morgan fingerprint density at radius 2 is 2.00 bits per heavy atom. The van der Waals surface area contributed by atoms with E-state index in [1.165, 1.54) is 0 Å². The molecule has 0 aromatic carbocycles. The van der Waals surface area contributed by atoms with E-state index in [0.29, 0.717) is 29.1 Å². The molecule has 0 radical (unpaired) electrons. The maximum Gasteiger partial charge on any atom is 0.452 e. The quantitative estimate of drug-likeness (QED) is 0.602. The molecule has 1 saturated heterocycles. The molecule has 2 aromatic rings. The molecule has 8 nitrogen and oxygen atoms in total. The van der Waals surface area contributed by atoms with E-state index in [-0.39, 0.29) is 24.0 Å². The molecule has 0 spiro atoms. The number of nitrogens with one attached hydrogen (secondary N) is 1. The Labute approximate surface area is 201 Å². The number of hydrogen-bond acceptors (Lipinski definition) is 7. The minimum absolute atomic E-state index is 0.0553. The Hall–Kier alpha value is -2.69. The van der Waals surface area contributed by atoms with Gasteiger partial charge in [0.05, 0.1) is 18.1 Å². The third-order valence-corrected chi connectivity index (χ3v) is 7.71. The van der Waals surface area contributed by atoms with E-state index in [1.807, 2.05) is 0 Å². The largest absolute Gasteiger partial charge is 0.481 e. The number of hydrogen-bond donors (Lipinski definition) is 1.